The van der Waals surface area contributed by atoms with Gasteiger partial charge in [0.1, 0.15) is 0 Å². The number of rotatable bonds is 6. The zero-order valence-corrected chi connectivity index (χ0v) is 11.0. The SMILES string of the molecule is CN(CCn1ccccc1=O)CC(C)(C)CN. The topological polar surface area (TPSA) is 51.3 Å². The molecule has 0 spiro atoms. The van der Waals surface area contributed by atoms with Gasteiger partial charge in [0.25, 0.3) is 5.56 Å². The first-order valence-corrected chi connectivity index (χ1v) is 5.99. The zero-order chi connectivity index (χ0) is 12.9. The molecule has 0 aliphatic carbocycles. The average Bonchev–Trinajstić information content (AvgIpc) is 2.27. The third-order valence-corrected chi connectivity index (χ3v) is 2.87. The number of hydrogen-bond donors (Lipinski definition) is 1. The molecule has 0 amide bonds. The fraction of sp³-hybridized carbons (Fsp3) is 0.615. The Morgan fingerprint density at radius 1 is 1.41 bits per heavy atom. The van der Waals surface area contributed by atoms with Crippen molar-refractivity contribution < 1.29 is 0 Å². The lowest BCUT2D eigenvalue weighted by atomic mass is 9.93. The minimum absolute atomic E-state index is 0.0546. The first-order valence-electron chi connectivity index (χ1n) is 5.99. The van der Waals surface area contributed by atoms with Crippen molar-refractivity contribution in [1.29, 1.82) is 0 Å². The molecule has 0 radical (unpaired) electrons. The number of nitrogens with zero attached hydrogens (tertiary/aromatic N) is 2. The van der Waals surface area contributed by atoms with E-state index in [2.05, 4.69) is 25.8 Å². The largest absolute Gasteiger partial charge is 0.330 e. The van der Waals surface area contributed by atoms with Gasteiger partial charge in [-0.2, -0.15) is 0 Å². The van der Waals surface area contributed by atoms with Crippen LogP contribution in [0.15, 0.2) is 29.2 Å². The fourth-order valence-corrected chi connectivity index (χ4v) is 1.80. The van der Waals surface area contributed by atoms with E-state index >= 15 is 0 Å². The molecule has 0 bridgehead atoms. The van der Waals surface area contributed by atoms with Gasteiger partial charge in [-0.3, -0.25) is 4.79 Å². The average molecular weight is 237 g/mol. The van der Waals surface area contributed by atoms with Gasteiger partial charge in [-0.05, 0) is 25.1 Å². The van der Waals surface area contributed by atoms with Crippen molar-refractivity contribution in [3.63, 3.8) is 0 Å². The van der Waals surface area contributed by atoms with Crippen LogP contribution in [0.1, 0.15) is 13.8 Å². The molecular weight excluding hydrogens is 214 g/mol. The Hall–Kier alpha value is -1.13. The Labute approximate surface area is 103 Å². The lowest BCUT2D eigenvalue weighted by Crippen LogP contribution is -2.38. The van der Waals surface area contributed by atoms with E-state index in [1.54, 1.807) is 16.7 Å². The van der Waals surface area contributed by atoms with Crippen molar-refractivity contribution in [2.75, 3.05) is 26.7 Å². The molecule has 0 saturated heterocycles. The van der Waals surface area contributed by atoms with E-state index in [0.717, 1.165) is 19.6 Å². The molecule has 4 nitrogen and oxygen atoms in total. The summed E-state index contributed by atoms with van der Waals surface area (Å²) in [5.41, 5.74) is 5.88. The Kier molecular flexibility index (Phi) is 4.90. The van der Waals surface area contributed by atoms with Gasteiger partial charge in [0.05, 0.1) is 0 Å². The molecule has 0 atom stereocenters. The van der Waals surface area contributed by atoms with E-state index < -0.39 is 0 Å². The van der Waals surface area contributed by atoms with Crippen LogP contribution in [0.4, 0.5) is 0 Å². The van der Waals surface area contributed by atoms with Crippen molar-refractivity contribution in [3.05, 3.63) is 34.7 Å². The van der Waals surface area contributed by atoms with E-state index in [1.165, 1.54) is 0 Å². The van der Waals surface area contributed by atoms with E-state index in [4.69, 9.17) is 5.73 Å². The van der Waals surface area contributed by atoms with Gasteiger partial charge in [-0.1, -0.05) is 19.9 Å². The molecule has 0 saturated carbocycles. The van der Waals surface area contributed by atoms with Gasteiger partial charge in [-0.25, -0.2) is 0 Å². The highest BCUT2D eigenvalue weighted by molar-refractivity contribution is 4.93. The van der Waals surface area contributed by atoms with E-state index in [9.17, 15) is 4.79 Å². The van der Waals surface area contributed by atoms with Crippen molar-refractivity contribution in [3.8, 4) is 0 Å². The highest BCUT2D eigenvalue weighted by Gasteiger charge is 2.17. The summed E-state index contributed by atoms with van der Waals surface area (Å²) in [5.74, 6) is 0. The summed E-state index contributed by atoms with van der Waals surface area (Å²) in [7, 11) is 2.06. The number of likely N-dealkylation sites (N-methyl/N-ethyl adjacent to an activating group) is 1. The van der Waals surface area contributed by atoms with E-state index in [0.29, 0.717) is 6.54 Å². The van der Waals surface area contributed by atoms with Crippen LogP contribution >= 0.6 is 0 Å². The van der Waals surface area contributed by atoms with Gasteiger partial charge in [0.15, 0.2) is 0 Å². The molecule has 1 rings (SSSR count). The van der Waals surface area contributed by atoms with Crippen LogP contribution in [0.3, 0.4) is 0 Å². The molecule has 96 valence electrons. The van der Waals surface area contributed by atoms with Crippen molar-refractivity contribution in [2.24, 2.45) is 11.1 Å². The summed E-state index contributed by atoms with van der Waals surface area (Å²) in [6.07, 6.45) is 1.82. The third kappa shape index (κ3) is 4.71. The van der Waals surface area contributed by atoms with Crippen molar-refractivity contribution in [1.82, 2.24) is 9.47 Å². The molecule has 0 fully saturated rings. The van der Waals surface area contributed by atoms with Crippen LogP contribution < -0.4 is 11.3 Å². The van der Waals surface area contributed by atoms with Crippen LogP contribution in [-0.4, -0.2) is 36.1 Å². The van der Waals surface area contributed by atoms with Gasteiger partial charge >= 0.3 is 0 Å². The number of hydrogen-bond acceptors (Lipinski definition) is 3. The number of nitrogens with two attached hydrogens (primary N) is 1. The quantitative estimate of drug-likeness (QED) is 0.795. The summed E-state index contributed by atoms with van der Waals surface area (Å²) in [6.45, 7) is 7.48. The van der Waals surface area contributed by atoms with Gasteiger partial charge in [-0.15, -0.1) is 0 Å². The van der Waals surface area contributed by atoms with E-state index in [1.807, 2.05) is 12.3 Å². The molecule has 1 aromatic rings. The minimum Gasteiger partial charge on any atom is -0.330 e. The highest BCUT2D eigenvalue weighted by Crippen LogP contribution is 2.13. The molecule has 0 aromatic carbocycles. The fourth-order valence-electron chi connectivity index (χ4n) is 1.80. The number of aromatic nitrogens is 1. The summed E-state index contributed by atoms with van der Waals surface area (Å²) in [5, 5.41) is 0. The first-order chi connectivity index (χ1) is 7.94. The molecule has 0 aliphatic rings. The molecule has 4 heteroatoms. The lowest BCUT2D eigenvalue weighted by Gasteiger charge is -2.29. The second-order valence-electron chi connectivity index (χ2n) is 5.34. The molecule has 17 heavy (non-hydrogen) atoms. The van der Waals surface area contributed by atoms with Gasteiger partial charge < -0.3 is 15.2 Å². The molecular formula is C13H23N3O. The van der Waals surface area contributed by atoms with Crippen LogP contribution in [0.25, 0.3) is 0 Å². The number of pyridine rings is 1. The predicted octanol–water partition coefficient (Wildman–Crippen LogP) is 0.765. The third-order valence-electron chi connectivity index (χ3n) is 2.87. The smallest absolute Gasteiger partial charge is 0.250 e. The van der Waals surface area contributed by atoms with Gasteiger partial charge in [0.2, 0.25) is 0 Å². The normalized spacial score (nSPS) is 12.1. The standard InChI is InChI=1S/C13H23N3O/c1-13(2,10-14)11-15(3)8-9-16-7-5-4-6-12(16)17/h4-7H,8-11,14H2,1-3H3. The van der Waals surface area contributed by atoms with Crippen LogP contribution in [0.2, 0.25) is 0 Å². The maximum absolute atomic E-state index is 11.5. The van der Waals surface area contributed by atoms with Crippen LogP contribution in [0, 0.1) is 5.41 Å². The molecule has 0 unspecified atom stereocenters. The molecule has 2 N–H and O–H groups in total. The van der Waals surface area contributed by atoms with Gasteiger partial charge in [0, 0.05) is 31.9 Å². The summed E-state index contributed by atoms with van der Waals surface area (Å²) in [4.78, 5) is 13.7. The summed E-state index contributed by atoms with van der Waals surface area (Å²) < 4.78 is 1.73. The first kappa shape index (κ1) is 13.9. The Morgan fingerprint density at radius 3 is 2.71 bits per heavy atom. The zero-order valence-electron chi connectivity index (χ0n) is 11.0. The van der Waals surface area contributed by atoms with Crippen LogP contribution in [-0.2, 0) is 6.54 Å². The second-order valence-corrected chi connectivity index (χ2v) is 5.34. The Morgan fingerprint density at radius 2 is 2.12 bits per heavy atom. The lowest BCUT2D eigenvalue weighted by molar-refractivity contribution is 0.209. The Balaban J connectivity index is 2.46. The molecule has 1 aromatic heterocycles. The highest BCUT2D eigenvalue weighted by atomic mass is 16.1. The van der Waals surface area contributed by atoms with Crippen molar-refractivity contribution >= 4 is 0 Å². The molecule has 0 aliphatic heterocycles. The second kappa shape index (κ2) is 5.98. The van der Waals surface area contributed by atoms with Crippen molar-refractivity contribution in [2.45, 2.75) is 20.4 Å². The molecule has 1 heterocycles. The summed E-state index contributed by atoms with van der Waals surface area (Å²) in [6, 6.07) is 5.23. The maximum atomic E-state index is 11.5. The predicted molar refractivity (Wildman–Crippen MR) is 71.0 cm³/mol. The maximum Gasteiger partial charge on any atom is 0.250 e. The Bertz CT molecular complexity index is 398. The minimum atomic E-state index is 0.0546. The summed E-state index contributed by atoms with van der Waals surface area (Å²) >= 11 is 0. The monoisotopic (exact) mass is 237 g/mol. The van der Waals surface area contributed by atoms with Crippen LogP contribution in [0.5, 0.6) is 0 Å². The van der Waals surface area contributed by atoms with E-state index in [-0.39, 0.29) is 11.0 Å².